The molecule has 2 N–H and O–H groups in total. The van der Waals surface area contributed by atoms with Crippen LogP contribution in [-0.2, 0) is 4.79 Å². The van der Waals surface area contributed by atoms with E-state index in [1.165, 1.54) is 12.1 Å². The van der Waals surface area contributed by atoms with Gasteiger partial charge in [-0.3, -0.25) is 4.79 Å². The number of benzene rings is 1. The molecule has 1 aliphatic rings. The summed E-state index contributed by atoms with van der Waals surface area (Å²) in [4.78, 5) is 12.2. The van der Waals surface area contributed by atoms with Crippen molar-refractivity contribution in [3.63, 3.8) is 0 Å². The Morgan fingerprint density at radius 2 is 2.26 bits per heavy atom. The molecule has 1 aromatic rings. The Labute approximate surface area is 113 Å². The van der Waals surface area contributed by atoms with Crippen LogP contribution in [0, 0.1) is 17.7 Å². The van der Waals surface area contributed by atoms with Gasteiger partial charge < -0.3 is 10.6 Å². The summed E-state index contributed by atoms with van der Waals surface area (Å²) in [5.41, 5.74) is 0.796. The van der Waals surface area contributed by atoms with Gasteiger partial charge in [-0.05, 0) is 43.5 Å². The second-order valence-electron chi connectivity index (χ2n) is 5.48. The van der Waals surface area contributed by atoms with Crippen LogP contribution in [0.25, 0.3) is 0 Å². The summed E-state index contributed by atoms with van der Waals surface area (Å²) in [7, 11) is 0. The van der Waals surface area contributed by atoms with Gasteiger partial charge in [0.1, 0.15) is 5.82 Å². The van der Waals surface area contributed by atoms with Crippen LogP contribution in [0.15, 0.2) is 24.3 Å². The lowest BCUT2D eigenvalue weighted by molar-refractivity contribution is -0.126. The van der Waals surface area contributed by atoms with Gasteiger partial charge in [0.25, 0.3) is 0 Å². The minimum absolute atomic E-state index is 0.0137. The average molecular weight is 264 g/mol. The molecule has 0 spiro atoms. The molecule has 3 unspecified atom stereocenters. The van der Waals surface area contributed by atoms with Crippen molar-refractivity contribution in [1.82, 2.24) is 10.6 Å². The lowest BCUT2D eigenvalue weighted by atomic mass is 9.91. The molecule has 1 saturated heterocycles. The number of nitrogens with one attached hydrogen (secondary N) is 2. The van der Waals surface area contributed by atoms with Gasteiger partial charge in [0, 0.05) is 6.54 Å². The third-order valence-electron chi connectivity index (χ3n) is 3.65. The highest BCUT2D eigenvalue weighted by molar-refractivity contribution is 5.79. The molecule has 0 radical (unpaired) electrons. The maximum atomic E-state index is 13.1. The predicted octanol–water partition coefficient (Wildman–Crippen LogP) is 2.25. The van der Waals surface area contributed by atoms with Crippen molar-refractivity contribution in [2.75, 3.05) is 13.1 Å². The minimum Gasteiger partial charge on any atom is -0.349 e. The fourth-order valence-corrected chi connectivity index (χ4v) is 2.55. The fraction of sp³-hybridized carbons (Fsp3) is 0.533. The topological polar surface area (TPSA) is 41.1 Å². The first-order valence-electron chi connectivity index (χ1n) is 6.83. The number of amides is 1. The highest BCUT2D eigenvalue weighted by atomic mass is 19.1. The van der Waals surface area contributed by atoms with Crippen molar-refractivity contribution in [3.05, 3.63) is 35.6 Å². The Morgan fingerprint density at radius 1 is 1.47 bits per heavy atom. The van der Waals surface area contributed by atoms with Crippen LogP contribution < -0.4 is 10.6 Å². The van der Waals surface area contributed by atoms with E-state index in [1.807, 2.05) is 13.0 Å². The Bertz CT molecular complexity index is 450. The SMILES string of the molecule is CC1CNCC(C(=O)NC(C)c2cccc(F)c2)C1. The first-order valence-corrected chi connectivity index (χ1v) is 6.83. The van der Waals surface area contributed by atoms with Gasteiger partial charge in [0.05, 0.1) is 12.0 Å². The molecular formula is C15H21FN2O. The number of halogens is 1. The highest BCUT2D eigenvalue weighted by Crippen LogP contribution is 2.18. The van der Waals surface area contributed by atoms with Crippen LogP contribution in [0.4, 0.5) is 4.39 Å². The molecule has 0 aliphatic carbocycles. The number of carbonyl (C=O) groups is 1. The van der Waals surface area contributed by atoms with Crippen LogP contribution >= 0.6 is 0 Å². The highest BCUT2D eigenvalue weighted by Gasteiger charge is 2.25. The molecule has 0 bridgehead atoms. The van der Waals surface area contributed by atoms with E-state index in [-0.39, 0.29) is 23.7 Å². The molecule has 1 heterocycles. The van der Waals surface area contributed by atoms with Gasteiger partial charge >= 0.3 is 0 Å². The Hall–Kier alpha value is -1.42. The summed E-state index contributed by atoms with van der Waals surface area (Å²) in [6.07, 6.45) is 0.911. The molecule has 0 saturated carbocycles. The maximum Gasteiger partial charge on any atom is 0.224 e. The maximum absolute atomic E-state index is 13.1. The summed E-state index contributed by atoms with van der Waals surface area (Å²) < 4.78 is 13.1. The van der Waals surface area contributed by atoms with Crippen LogP contribution in [0.5, 0.6) is 0 Å². The summed E-state index contributed by atoms with van der Waals surface area (Å²) in [6, 6.07) is 6.20. The third-order valence-corrected chi connectivity index (χ3v) is 3.65. The quantitative estimate of drug-likeness (QED) is 0.879. The van der Waals surface area contributed by atoms with E-state index < -0.39 is 0 Å². The van der Waals surface area contributed by atoms with E-state index in [0.717, 1.165) is 25.1 Å². The Balaban J connectivity index is 1.94. The largest absolute Gasteiger partial charge is 0.349 e. The molecule has 0 aromatic heterocycles. The van der Waals surface area contributed by atoms with Gasteiger partial charge in [0.15, 0.2) is 0 Å². The van der Waals surface area contributed by atoms with Crippen LogP contribution in [0.1, 0.15) is 31.9 Å². The standard InChI is InChI=1S/C15H21FN2O/c1-10-6-13(9-17-8-10)15(19)18-11(2)12-4-3-5-14(16)7-12/h3-5,7,10-11,13,17H,6,8-9H2,1-2H3,(H,18,19). The summed E-state index contributed by atoms with van der Waals surface area (Å²) in [5, 5.41) is 6.23. The minimum atomic E-state index is -0.272. The molecule has 1 amide bonds. The van der Waals surface area contributed by atoms with Crippen molar-refractivity contribution in [1.29, 1.82) is 0 Å². The van der Waals surface area contributed by atoms with Gasteiger partial charge in [0.2, 0.25) is 5.91 Å². The van der Waals surface area contributed by atoms with E-state index in [1.54, 1.807) is 6.07 Å². The molecular weight excluding hydrogens is 243 g/mol. The van der Waals surface area contributed by atoms with E-state index in [4.69, 9.17) is 0 Å². The Morgan fingerprint density at radius 3 is 2.95 bits per heavy atom. The number of rotatable bonds is 3. The molecule has 4 heteroatoms. The normalized spacial score (nSPS) is 24.8. The zero-order valence-corrected chi connectivity index (χ0v) is 11.4. The first-order chi connectivity index (χ1) is 9.06. The van der Waals surface area contributed by atoms with E-state index in [2.05, 4.69) is 17.6 Å². The smallest absolute Gasteiger partial charge is 0.224 e. The van der Waals surface area contributed by atoms with Crippen molar-refractivity contribution >= 4 is 5.91 Å². The van der Waals surface area contributed by atoms with Gasteiger partial charge in [-0.2, -0.15) is 0 Å². The van der Waals surface area contributed by atoms with E-state index in [9.17, 15) is 9.18 Å². The lowest BCUT2D eigenvalue weighted by Gasteiger charge is -2.28. The number of carbonyl (C=O) groups excluding carboxylic acids is 1. The molecule has 2 rings (SSSR count). The summed E-state index contributed by atoms with van der Waals surface area (Å²) in [6.45, 7) is 5.73. The van der Waals surface area contributed by atoms with E-state index >= 15 is 0 Å². The Kier molecular flexibility index (Phi) is 4.53. The second-order valence-corrected chi connectivity index (χ2v) is 5.48. The lowest BCUT2D eigenvalue weighted by Crippen LogP contribution is -2.44. The van der Waals surface area contributed by atoms with Crippen LogP contribution in [0.2, 0.25) is 0 Å². The predicted molar refractivity (Wildman–Crippen MR) is 73.1 cm³/mol. The monoisotopic (exact) mass is 264 g/mol. The van der Waals surface area contributed by atoms with Gasteiger partial charge in [-0.1, -0.05) is 19.1 Å². The average Bonchev–Trinajstić information content (AvgIpc) is 2.38. The first kappa shape index (κ1) is 14.0. The van der Waals surface area contributed by atoms with E-state index in [0.29, 0.717) is 5.92 Å². The molecule has 19 heavy (non-hydrogen) atoms. The van der Waals surface area contributed by atoms with Crippen molar-refractivity contribution in [2.24, 2.45) is 11.8 Å². The molecule has 3 nitrogen and oxygen atoms in total. The molecule has 104 valence electrons. The van der Waals surface area contributed by atoms with Crippen LogP contribution in [-0.4, -0.2) is 19.0 Å². The molecule has 1 fully saturated rings. The summed E-state index contributed by atoms with van der Waals surface area (Å²) in [5.74, 6) is 0.316. The van der Waals surface area contributed by atoms with Crippen molar-refractivity contribution in [2.45, 2.75) is 26.3 Å². The number of hydrogen-bond acceptors (Lipinski definition) is 2. The number of hydrogen-bond donors (Lipinski definition) is 2. The van der Waals surface area contributed by atoms with Gasteiger partial charge in [-0.25, -0.2) is 4.39 Å². The van der Waals surface area contributed by atoms with Crippen molar-refractivity contribution in [3.8, 4) is 0 Å². The fourth-order valence-electron chi connectivity index (χ4n) is 2.55. The summed E-state index contributed by atoms with van der Waals surface area (Å²) >= 11 is 0. The molecule has 1 aromatic carbocycles. The van der Waals surface area contributed by atoms with Crippen molar-refractivity contribution < 1.29 is 9.18 Å². The molecule has 3 atom stereocenters. The van der Waals surface area contributed by atoms with Gasteiger partial charge in [-0.15, -0.1) is 0 Å². The second kappa shape index (κ2) is 6.15. The third kappa shape index (κ3) is 3.77. The van der Waals surface area contributed by atoms with Crippen LogP contribution in [0.3, 0.4) is 0 Å². The zero-order valence-electron chi connectivity index (χ0n) is 11.4. The molecule has 1 aliphatic heterocycles. The number of piperidine rings is 1. The zero-order chi connectivity index (χ0) is 13.8.